The molecule has 1 saturated heterocycles. The minimum Gasteiger partial charge on any atom is -0.379 e. The molecular formula is C16H20N4O5S. The van der Waals surface area contributed by atoms with Crippen LogP contribution in [0.15, 0.2) is 35.4 Å². The lowest BCUT2D eigenvalue weighted by atomic mass is 10.1. The van der Waals surface area contributed by atoms with E-state index in [4.69, 9.17) is 4.74 Å². The van der Waals surface area contributed by atoms with Gasteiger partial charge in [0.05, 0.1) is 25.0 Å². The highest BCUT2D eigenvalue weighted by Gasteiger charge is 2.34. The van der Waals surface area contributed by atoms with E-state index in [0.29, 0.717) is 5.65 Å². The number of ether oxygens (including phenoxy) is 1. The number of rotatable bonds is 5. The monoisotopic (exact) mass is 380 g/mol. The van der Waals surface area contributed by atoms with Gasteiger partial charge in [0.15, 0.2) is 0 Å². The van der Waals surface area contributed by atoms with Crippen molar-refractivity contribution in [3.8, 4) is 0 Å². The molecule has 2 atom stereocenters. The van der Waals surface area contributed by atoms with Gasteiger partial charge in [-0.25, -0.2) is 17.7 Å². The standard InChI is InChI=1S/C16H20N4O5S/c1-19(2)26(23,24)10-11-8-25-9-13(11)18-15(21)12-7-17-14-5-3-4-6-20(14)16(12)22/h3-7,11,13H,8-10H2,1-2H3,(H,18,21)/t11-,13+/m0/s1. The summed E-state index contributed by atoms with van der Waals surface area (Å²) in [4.78, 5) is 29.1. The lowest BCUT2D eigenvalue weighted by molar-refractivity contribution is 0.0924. The largest absolute Gasteiger partial charge is 0.379 e. The molecule has 0 radical (unpaired) electrons. The fraction of sp³-hybridized carbons (Fsp3) is 0.438. The molecule has 0 unspecified atom stereocenters. The van der Waals surface area contributed by atoms with Crippen LogP contribution in [0.5, 0.6) is 0 Å². The van der Waals surface area contributed by atoms with Crippen molar-refractivity contribution in [1.29, 1.82) is 0 Å². The van der Waals surface area contributed by atoms with Gasteiger partial charge in [0, 0.05) is 32.4 Å². The molecule has 0 aliphatic carbocycles. The van der Waals surface area contributed by atoms with Crippen LogP contribution in [0.4, 0.5) is 0 Å². The van der Waals surface area contributed by atoms with Gasteiger partial charge in [-0.05, 0) is 12.1 Å². The smallest absolute Gasteiger partial charge is 0.270 e. The van der Waals surface area contributed by atoms with Crippen molar-refractivity contribution in [2.24, 2.45) is 5.92 Å². The van der Waals surface area contributed by atoms with Crippen LogP contribution >= 0.6 is 0 Å². The minimum absolute atomic E-state index is 0.102. The first-order valence-electron chi connectivity index (χ1n) is 8.05. The molecule has 1 aliphatic heterocycles. The van der Waals surface area contributed by atoms with Crippen LogP contribution in [0.25, 0.3) is 5.65 Å². The third-order valence-electron chi connectivity index (χ3n) is 4.35. The number of fused-ring (bicyclic) bond motifs is 1. The Labute approximate surface area is 150 Å². The molecule has 140 valence electrons. The molecule has 2 aromatic heterocycles. The summed E-state index contributed by atoms with van der Waals surface area (Å²) in [5.41, 5.74) is -0.146. The van der Waals surface area contributed by atoms with E-state index >= 15 is 0 Å². The fourth-order valence-corrected chi connectivity index (χ4v) is 3.94. The van der Waals surface area contributed by atoms with Crippen LogP contribution < -0.4 is 10.9 Å². The molecule has 0 bridgehead atoms. The van der Waals surface area contributed by atoms with Crippen molar-refractivity contribution >= 4 is 21.6 Å². The average molecular weight is 380 g/mol. The number of hydrogen-bond acceptors (Lipinski definition) is 6. The van der Waals surface area contributed by atoms with E-state index in [0.717, 1.165) is 4.31 Å². The number of pyridine rings is 1. The summed E-state index contributed by atoms with van der Waals surface area (Å²) in [6.45, 7) is 0.425. The zero-order valence-electron chi connectivity index (χ0n) is 14.5. The summed E-state index contributed by atoms with van der Waals surface area (Å²) in [5.74, 6) is -1.12. The number of nitrogens with one attached hydrogen (secondary N) is 1. The Morgan fingerprint density at radius 3 is 2.88 bits per heavy atom. The zero-order chi connectivity index (χ0) is 18.9. The van der Waals surface area contributed by atoms with E-state index in [1.165, 1.54) is 30.9 Å². The number of carbonyl (C=O) groups excluding carboxylic acids is 1. The molecule has 0 saturated carbocycles. The highest BCUT2D eigenvalue weighted by atomic mass is 32.2. The maximum atomic E-state index is 12.5. The molecule has 9 nitrogen and oxygen atoms in total. The van der Waals surface area contributed by atoms with E-state index in [9.17, 15) is 18.0 Å². The van der Waals surface area contributed by atoms with E-state index in [1.807, 2.05) is 0 Å². The fourth-order valence-electron chi connectivity index (χ4n) is 2.77. The second kappa shape index (κ2) is 7.14. The van der Waals surface area contributed by atoms with Gasteiger partial charge < -0.3 is 10.1 Å². The van der Waals surface area contributed by atoms with Crippen molar-refractivity contribution in [1.82, 2.24) is 19.0 Å². The Kier molecular flexibility index (Phi) is 5.08. The number of hydrogen-bond donors (Lipinski definition) is 1. The van der Waals surface area contributed by atoms with Gasteiger partial charge in [0.2, 0.25) is 10.0 Å². The third kappa shape index (κ3) is 3.62. The molecule has 1 N–H and O–H groups in total. The van der Waals surface area contributed by atoms with Crippen LogP contribution in [0.2, 0.25) is 0 Å². The SMILES string of the molecule is CN(C)S(=O)(=O)C[C@@H]1COC[C@H]1NC(=O)c1cnc2ccccn2c1=O. The maximum Gasteiger partial charge on any atom is 0.270 e. The average Bonchev–Trinajstić information content (AvgIpc) is 3.01. The first kappa shape index (κ1) is 18.5. The molecule has 10 heteroatoms. The zero-order valence-corrected chi connectivity index (χ0v) is 15.3. The molecule has 1 amide bonds. The minimum atomic E-state index is -3.43. The van der Waals surface area contributed by atoms with E-state index in [2.05, 4.69) is 10.3 Å². The second-order valence-electron chi connectivity index (χ2n) is 6.34. The Hall–Kier alpha value is -2.30. The van der Waals surface area contributed by atoms with Crippen LogP contribution in [0.3, 0.4) is 0 Å². The second-order valence-corrected chi connectivity index (χ2v) is 8.57. The van der Waals surface area contributed by atoms with Gasteiger partial charge in [-0.3, -0.25) is 14.0 Å². The van der Waals surface area contributed by atoms with Gasteiger partial charge >= 0.3 is 0 Å². The summed E-state index contributed by atoms with van der Waals surface area (Å²) in [6, 6.07) is 4.58. The van der Waals surface area contributed by atoms with Gasteiger partial charge in [-0.1, -0.05) is 6.07 Å². The van der Waals surface area contributed by atoms with Gasteiger partial charge in [-0.2, -0.15) is 0 Å². The summed E-state index contributed by atoms with van der Waals surface area (Å²) >= 11 is 0. The van der Waals surface area contributed by atoms with Crippen LogP contribution in [-0.4, -0.2) is 67.1 Å². The van der Waals surface area contributed by atoms with Gasteiger partial charge in [0.25, 0.3) is 11.5 Å². The summed E-state index contributed by atoms with van der Waals surface area (Å²) in [7, 11) is -0.511. The number of carbonyl (C=O) groups is 1. The van der Waals surface area contributed by atoms with Crippen LogP contribution in [0.1, 0.15) is 10.4 Å². The predicted octanol–water partition coefficient (Wildman–Crippen LogP) is -0.669. The summed E-state index contributed by atoms with van der Waals surface area (Å²) in [6.07, 6.45) is 2.76. The molecule has 1 aliphatic rings. The quantitative estimate of drug-likeness (QED) is 0.737. The topological polar surface area (TPSA) is 110 Å². The number of amides is 1. The molecule has 26 heavy (non-hydrogen) atoms. The molecule has 0 aromatic carbocycles. The molecule has 3 heterocycles. The molecule has 2 aromatic rings. The van der Waals surface area contributed by atoms with Gasteiger partial charge in [0.1, 0.15) is 11.2 Å². The Morgan fingerprint density at radius 1 is 1.38 bits per heavy atom. The van der Waals surface area contributed by atoms with Crippen LogP contribution in [0, 0.1) is 5.92 Å². The lowest BCUT2D eigenvalue weighted by Crippen LogP contribution is -2.45. The lowest BCUT2D eigenvalue weighted by Gasteiger charge is -2.20. The van der Waals surface area contributed by atoms with Crippen molar-refractivity contribution in [2.75, 3.05) is 33.1 Å². The van der Waals surface area contributed by atoms with Crippen molar-refractivity contribution in [3.05, 3.63) is 46.5 Å². The van der Waals surface area contributed by atoms with E-state index in [1.54, 1.807) is 18.2 Å². The van der Waals surface area contributed by atoms with Crippen molar-refractivity contribution in [3.63, 3.8) is 0 Å². The molecule has 0 spiro atoms. The van der Waals surface area contributed by atoms with Gasteiger partial charge in [-0.15, -0.1) is 0 Å². The maximum absolute atomic E-state index is 12.5. The highest BCUT2D eigenvalue weighted by Crippen LogP contribution is 2.17. The first-order valence-corrected chi connectivity index (χ1v) is 9.66. The van der Waals surface area contributed by atoms with Crippen molar-refractivity contribution in [2.45, 2.75) is 6.04 Å². The third-order valence-corrected chi connectivity index (χ3v) is 6.32. The Bertz CT molecular complexity index is 986. The summed E-state index contributed by atoms with van der Waals surface area (Å²) < 4.78 is 31.9. The Balaban J connectivity index is 1.79. The molecule has 3 rings (SSSR count). The number of sulfonamides is 1. The molecular weight excluding hydrogens is 360 g/mol. The van der Waals surface area contributed by atoms with Crippen LogP contribution in [-0.2, 0) is 14.8 Å². The predicted molar refractivity (Wildman–Crippen MR) is 94.5 cm³/mol. The number of nitrogens with zero attached hydrogens (tertiary/aromatic N) is 3. The summed E-state index contributed by atoms with van der Waals surface area (Å²) in [5, 5.41) is 2.71. The normalized spacial score (nSPS) is 20.6. The number of aromatic nitrogens is 2. The molecule has 1 fully saturated rings. The van der Waals surface area contributed by atoms with Crippen molar-refractivity contribution < 1.29 is 17.9 Å². The van der Waals surface area contributed by atoms with E-state index < -0.39 is 27.5 Å². The Morgan fingerprint density at radius 2 is 2.15 bits per heavy atom. The highest BCUT2D eigenvalue weighted by molar-refractivity contribution is 7.89. The first-order chi connectivity index (χ1) is 12.3. The van der Waals surface area contributed by atoms with E-state index in [-0.39, 0.29) is 30.4 Å².